The number of anilines is 1. The third-order valence-electron chi connectivity index (χ3n) is 7.02. The number of aryl methyl sites for hydroxylation is 1. The Hall–Kier alpha value is -4.03. The van der Waals surface area contributed by atoms with Crippen molar-refractivity contribution in [3.05, 3.63) is 58.4 Å². The number of hydroxylamine groups is 4. The Kier molecular flexibility index (Phi) is 7.72. The van der Waals surface area contributed by atoms with Crippen molar-refractivity contribution in [1.29, 1.82) is 0 Å². The lowest BCUT2D eigenvalue weighted by molar-refractivity contribution is -0.0972. The van der Waals surface area contributed by atoms with Crippen molar-refractivity contribution < 1.29 is 19.1 Å². The molecule has 40 heavy (non-hydrogen) atoms. The summed E-state index contributed by atoms with van der Waals surface area (Å²) < 4.78 is 11.5. The molecule has 214 valence electrons. The number of aliphatic imine (C=N–C) groups is 2. The van der Waals surface area contributed by atoms with Crippen LogP contribution >= 0.6 is 0 Å². The van der Waals surface area contributed by atoms with E-state index in [1.807, 2.05) is 44.3 Å². The largest absolute Gasteiger partial charge is 0.494 e. The molecule has 0 unspecified atom stereocenters. The molecule has 5 aliphatic rings. The van der Waals surface area contributed by atoms with Gasteiger partial charge >= 0.3 is 0 Å². The summed E-state index contributed by atoms with van der Waals surface area (Å²) in [5.74, 6) is 3.59. The second kappa shape index (κ2) is 11.2. The fourth-order valence-corrected chi connectivity index (χ4v) is 5.12. The molecule has 0 amide bonds. The van der Waals surface area contributed by atoms with Crippen molar-refractivity contribution in [2.24, 2.45) is 9.98 Å². The monoisotopic (exact) mass is 550 g/mol. The van der Waals surface area contributed by atoms with Gasteiger partial charge in [0.2, 0.25) is 0 Å². The highest BCUT2D eigenvalue weighted by molar-refractivity contribution is 5.94. The Morgan fingerprint density at radius 2 is 1.57 bits per heavy atom. The summed E-state index contributed by atoms with van der Waals surface area (Å²) in [5.41, 5.74) is 5.90. The number of ether oxygens (including phenoxy) is 2. The first-order valence-corrected chi connectivity index (χ1v) is 13.4. The van der Waals surface area contributed by atoms with E-state index in [4.69, 9.17) is 19.1 Å². The van der Waals surface area contributed by atoms with Gasteiger partial charge in [-0.3, -0.25) is 9.68 Å². The van der Waals surface area contributed by atoms with Gasteiger partial charge in [-0.15, -0.1) is 0 Å². The summed E-state index contributed by atoms with van der Waals surface area (Å²) in [5, 5.41) is 3.53. The van der Waals surface area contributed by atoms with Crippen molar-refractivity contribution >= 4 is 23.9 Å². The Labute approximate surface area is 235 Å². The first kappa shape index (κ1) is 27.5. The number of pyridine rings is 1. The third-order valence-corrected chi connectivity index (χ3v) is 7.02. The minimum Gasteiger partial charge on any atom is -0.494 e. The van der Waals surface area contributed by atoms with Crippen LogP contribution in [-0.4, -0.2) is 91.2 Å². The van der Waals surface area contributed by atoms with E-state index in [-0.39, 0.29) is 6.10 Å². The van der Waals surface area contributed by atoms with Crippen molar-refractivity contribution in [1.82, 2.24) is 24.9 Å². The SMILES string of the molecule is CCN1CC(C)=C(OC(C)C)C2=C1N1CN(OC)C=C1C=N2.COc1c(C)cnc2c1N=CC1=CN(OC)CN12. The standard InChI is InChI=1S/C16H24N4O2.C12H14N4O2/c1-6-18-8-12(4)15(22-11(2)3)14-16(18)20-10-19(21-5)9-13(20)7-17-14;1-8-4-14-12-10(11(8)17-2)13-5-9-6-15(18-3)7-16(9)12/h7,9,11H,6,8,10H2,1-5H3;4-6H,7H2,1-3H3. The molecule has 0 bridgehead atoms. The average molecular weight is 551 g/mol. The Bertz CT molecular complexity index is 1350. The average Bonchev–Trinajstić information content (AvgIpc) is 3.58. The highest BCUT2D eigenvalue weighted by Gasteiger charge is 2.36. The molecule has 5 aliphatic heterocycles. The van der Waals surface area contributed by atoms with E-state index in [0.717, 1.165) is 64.6 Å². The number of fused-ring (bicyclic) bond motifs is 5. The lowest BCUT2D eigenvalue weighted by Gasteiger charge is -2.40. The van der Waals surface area contributed by atoms with Crippen LogP contribution in [0, 0.1) is 6.92 Å². The molecule has 0 spiro atoms. The Morgan fingerprint density at radius 3 is 2.20 bits per heavy atom. The van der Waals surface area contributed by atoms with Gasteiger partial charge in [-0.1, -0.05) is 0 Å². The topological polar surface area (TPSA) is 90.7 Å². The number of aromatic nitrogens is 1. The zero-order chi connectivity index (χ0) is 28.6. The van der Waals surface area contributed by atoms with Crippen LogP contribution in [0.15, 0.2) is 62.8 Å². The number of methoxy groups -OCH3 is 1. The predicted molar refractivity (Wildman–Crippen MR) is 153 cm³/mol. The molecule has 0 saturated carbocycles. The molecule has 6 rings (SSSR count). The van der Waals surface area contributed by atoms with Crippen LogP contribution in [0.4, 0.5) is 11.5 Å². The molecule has 0 saturated heterocycles. The van der Waals surface area contributed by atoms with Gasteiger partial charge in [0.15, 0.2) is 11.6 Å². The number of hydrogen-bond acceptors (Lipinski definition) is 12. The summed E-state index contributed by atoms with van der Waals surface area (Å²) >= 11 is 0. The quantitative estimate of drug-likeness (QED) is 0.520. The minimum atomic E-state index is 0.132. The second-order valence-electron chi connectivity index (χ2n) is 10.1. The van der Waals surface area contributed by atoms with Gasteiger partial charge in [0.25, 0.3) is 0 Å². The van der Waals surface area contributed by atoms with Gasteiger partial charge in [0, 0.05) is 24.8 Å². The lowest BCUT2D eigenvalue weighted by Crippen LogP contribution is -2.42. The van der Waals surface area contributed by atoms with Crippen molar-refractivity contribution in [2.45, 2.75) is 40.7 Å². The molecular formula is C28H38N8O4. The van der Waals surface area contributed by atoms with Gasteiger partial charge in [-0.2, -0.15) is 0 Å². The van der Waals surface area contributed by atoms with E-state index in [1.165, 1.54) is 5.57 Å². The van der Waals surface area contributed by atoms with Crippen LogP contribution in [0.5, 0.6) is 5.75 Å². The number of hydrogen-bond donors (Lipinski definition) is 0. The summed E-state index contributed by atoms with van der Waals surface area (Å²) in [6, 6.07) is 0. The van der Waals surface area contributed by atoms with E-state index in [2.05, 4.69) is 38.6 Å². The minimum absolute atomic E-state index is 0.132. The zero-order valence-corrected chi connectivity index (χ0v) is 24.5. The highest BCUT2D eigenvalue weighted by atomic mass is 16.7. The van der Waals surface area contributed by atoms with Gasteiger partial charge in [0.1, 0.15) is 36.3 Å². The Morgan fingerprint density at radius 1 is 0.925 bits per heavy atom. The number of rotatable bonds is 6. The molecule has 12 nitrogen and oxygen atoms in total. The smallest absolute Gasteiger partial charge is 0.164 e. The zero-order valence-electron chi connectivity index (χ0n) is 24.5. The Balaban J connectivity index is 0.000000164. The summed E-state index contributed by atoms with van der Waals surface area (Å²) in [6.07, 6.45) is 9.47. The van der Waals surface area contributed by atoms with E-state index < -0.39 is 0 Å². The van der Waals surface area contributed by atoms with Crippen molar-refractivity contribution in [3.63, 3.8) is 0 Å². The van der Waals surface area contributed by atoms with Gasteiger partial charge in [0.05, 0.1) is 63.7 Å². The molecule has 0 aliphatic carbocycles. The molecule has 1 aromatic heterocycles. The van der Waals surface area contributed by atoms with Gasteiger partial charge < -0.3 is 24.2 Å². The molecule has 0 aromatic carbocycles. The summed E-state index contributed by atoms with van der Waals surface area (Å²) in [4.78, 5) is 30.7. The first-order valence-electron chi connectivity index (χ1n) is 13.4. The van der Waals surface area contributed by atoms with Crippen molar-refractivity contribution in [3.8, 4) is 5.75 Å². The summed E-state index contributed by atoms with van der Waals surface area (Å²) in [6.45, 7) is 13.4. The molecule has 1 aromatic rings. The van der Waals surface area contributed by atoms with Crippen LogP contribution in [0.1, 0.15) is 33.3 Å². The second-order valence-corrected chi connectivity index (χ2v) is 10.1. The molecule has 0 radical (unpaired) electrons. The van der Waals surface area contributed by atoms with Gasteiger partial charge in [-0.05, 0) is 40.2 Å². The molecule has 0 fully saturated rings. The first-order chi connectivity index (χ1) is 19.3. The molecule has 6 heterocycles. The molecule has 0 atom stereocenters. The van der Waals surface area contributed by atoms with Gasteiger partial charge in [-0.25, -0.2) is 25.1 Å². The van der Waals surface area contributed by atoms with Crippen molar-refractivity contribution in [2.75, 3.05) is 52.7 Å². The fraction of sp³-hybridized carbons (Fsp3) is 0.464. The maximum absolute atomic E-state index is 6.06. The van der Waals surface area contributed by atoms with Crippen LogP contribution < -0.4 is 9.64 Å². The van der Waals surface area contributed by atoms with Crippen LogP contribution in [0.3, 0.4) is 0 Å². The van der Waals surface area contributed by atoms with E-state index in [0.29, 0.717) is 13.3 Å². The van der Waals surface area contributed by atoms with E-state index in [9.17, 15) is 0 Å². The highest BCUT2D eigenvalue weighted by Crippen LogP contribution is 2.43. The molecule has 0 N–H and O–H groups in total. The number of likely N-dealkylation sites (N-methyl/N-ethyl adjacent to an activating group) is 1. The van der Waals surface area contributed by atoms with Crippen LogP contribution in [0.2, 0.25) is 0 Å². The normalized spacial score (nSPS) is 18.9. The van der Waals surface area contributed by atoms with Crippen LogP contribution in [-0.2, 0) is 14.4 Å². The maximum Gasteiger partial charge on any atom is 0.164 e. The number of allylic oxidation sites excluding steroid dienone is 2. The summed E-state index contributed by atoms with van der Waals surface area (Å²) in [7, 11) is 4.96. The third kappa shape index (κ3) is 4.88. The van der Waals surface area contributed by atoms with E-state index in [1.54, 1.807) is 43.9 Å². The maximum atomic E-state index is 6.06. The molecular weight excluding hydrogens is 512 g/mol. The number of nitrogens with zero attached hydrogens (tertiary/aromatic N) is 8. The van der Waals surface area contributed by atoms with Crippen LogP contribution in [0.25, 0.3) is 0 Å². The van der Waals surface area contributed by atoms with E-state index >= 15 is 0 Å². The lowest BCUT2D eigenvalue weighted by atomic mass is 10.1. The molecule has 12 heteroatoms. The predicted octanol–water partition coefficient (Wildman–Crippen LogP) is 3.85. The fourth-order valence-electron chi connectivity index (χ4n) is 5.12.